The number of ether oxygens (including phenoxy) is 1. The van der Waals surface area contributed by atoms with Gasteiger partial charge in [0.2, 0.25) is 5.91 Å². The Morgan fingerprint density at radius 3 is 2.65 bits per heavy atom. The van der Waals surface area contributed by atoms with Crippen molar-refractivity contribution >= 4 is 5.91 Å². The lowest BCUT2D eigenvalue weighted by Crippen LogP contribution is -2.22. The number of benzene rings is 2. The molecule has 3 aromatic rings. The molecular formula is C22H22N2O2. The van der Waals surface area contributed by atoms with Crippen molar-refractivity contribution < 1.29 is 9.53 Å². The lowest BCUT2D eigenvalue weighted by atomic mass is 9.98. The maximum absolute atomic E-state index is 11.1. The van der Waals surface area contributed by atoms with E-state index in [4.69, 9.17) is 4.74 Å². The minimum atomic E-state index is -0.0178. The van der Waals surface area contributed by atoms with Gasteiger partial charge >= 0.3 is 0 Å². The molecule has 4 nitrogen and oxygen atoms in total. The molecule has 0 saturated carbocycles. The Morgan fingerprint density at radius 2 is 1.92 bits per heavy atom. The Morgan fingerprint density at radius 1 is 1.08 bits per heavy atom. The molecule has 1 heterocycles. The zero-order valence-electron chi connectivity index (χ0n) is 14.8. The third kappa shape index (κ3) is 4.93. The quantitative estimate of drug-likeness (QED) is 0.703. The molecular weight excluding hydrogens is 324 g/mol. The molecule has 0 radical (unpaired) electrons. The number of aromatic nitrogens is 1. The van der Waals surface area contributed by atoms with E-state index in [-0.39, 0.29) is 5.91 Å². The number of rotatable bonds is 7. The summed E-state index contributed by atoms with van der Waals surface area (Å²) in [5.41, 5.74) is 4.40. The lowest BCUT2D eigenvalue weighted by Gasteiger charge is -2.13. The summed E-state index contributed by atoms with van der Waals surface area (Å²) in [6.45, 7) is 2.66. The summed E-state index contributed by atoms with van der Waals surface area (Å²) in [5.74, 6) is 0.798. The second-order valence-corrected chi connectivity index (χ2v) is 6.07. The molecule has 3 rings (SSSR count). The van der Waals surface area contributed by atoms with Crippen LogP contribution in [-0.4, -0.2) is 17.4 Å². The van der Waals surface area contributed by atoms with Crippen LogP contribution >= 0.6 is 0 Å². The van der Waals surface area contributed by atoms with E-state index in [1.54, 1.807) is 6.20 Å². The van der Waals surface area contributed by atoms with Crippen molar-refractivity contribution in [2.75, 3.05) is 6.54 Å². The highest BCUT2D eigenvalue weighted by molar-refractivity contribution is 5.73. The van der Waals surface area contributed by atoms with Crippen molar-refractivity contribution in [2.45, 2.75) is 20.0 Å². The zero-order chi connectivity index (χ0) is 18.2. The van der Waals surface area contributed by atoms with Gasteiger partial charge in [0.15, 0.2) is 0 Å². The molecule has 132 valence electrons. The summed E-state index contributed by atoms with van der Waals surface area (Å²) in [6.07, 6.45) is 4.36. The highest BCUT2D eigenvalue weighted by Crippen LogP contribution is 2.28. The van der Waals surface area contributed by atoms with Gasteiger partial charge in [0.25, 0.3) is 0 Å². The Balaban J connectivity index is 1.80. The smallest absolute Gasteiger partial charge is 0.216 e. The Bertz CT molecular complexity index is 849. The average molecular weight is 346 g/mol. The molecule has 26 heavy (non-hydrogen) atoms. The molecule has 0 bridgehead atoms. The van der Waals surface area contributed by atoms with Crippen LogP contribution in [0.15, 0.2) is 73.1 Å². The molecule has 1 amide bonds. The van der Waals surface area contributed by atoms with Gasteiger partial charge < -0.3 is 10.1 Å². The van der Waals surface area contributed by atoms with Crippen LogP contribution in [0.1, 0.15) is 18.1 Å². The molecule has 0 fully saturated rings. The lowest BCUT2D eigenvalue weighted by molar-refractivity contribution is -0.118. The first-order valence-corrected chi connectivity index (χ1v) is 8.67. The molecule has 2 aromatic carbocycles. The first kappa shape index (κ1) is 17.7. The van der Waals surface area contributed by atoms with Crippen molar-refractivity contribution in [1.82, 2.24) is 10.3 Å². The number of nitrogens with zero attached hydrogens (tertiary/aromatic N) is 1. The second kappa shape index (κ2) is 8.81. The van der Waals surface area contributed by atoms with Crippen molar-refractivity contribution in [3.05, 3.63) is 84.2 Å². The van der Waals surface area contributed by atoms with Crippen LogP contribution in [0.25, 0.3) is 11.1 Å². The summed E-state index contributed by atoms with van der Waals surface area (Å²) in [6, 6.07) is 20.1. The van der Waals surface area contributed by atoms with Crippen molar-refractivity contribution in [3.8, 4) is 16.9 Å². The number of hydrogen-bond donors (Lipinski definition) is 1. The van der Waals surface area contributed by atoms with E-state index in [1.807, 2.05) is 60.8 Å². The van der Waals surface area contributed by atoms with Crippen LogP contribution in [0.2, 0.25) is 0 Å². The predicted octanol–water partition coefficient (Wildman–Crippen LogP) is 4.01. The molecule has 0 aliphatic rings. The number of carbonyl (C=O) groups excluding carboxylic acids is 1. The number of amides is 1. The number of pyridine rings is 1. The molecule has 4 heteroatoms. The van der Waals surface area contributed by atoms with Crippen LogP contribution < -0.4 is 10.1 Å². The molecule has 0 spiro atoms. The van der Waals surface area contributed by atoms with Crippen molar-refractivity contribution in [3.63, 3.8) is 0 Å². The minimum absolute atomic E-state index is 0.0178. The van der Waals surface area contributed by atoms with Gasteiger partial charge in [-0.1, -0.05) is 42.5 Å². The number of nitrogens with one attached hydrogen (secondary N) is 1. The topological polar surface area (TPSA) is 51.2 Å². The van der Waals surface area contributed by atoms with E-state index in [9.17, 15) is 4.79 Å². The third-order valence-corrected chi connectivity index (χ3v) is 4.07. The summed E-state index contributed by atoms with van der Waals surface area (Å²) in [5, 5.41) is 2.85. The zero-order valence-corrected chi connectivity index (χ0v) is 14.8. The van der Waals surface area contributed by atoms with Crippen LogP contribution in [0.4, 0.5) is 0 Å². The summed E-state index contributed by atoms with van der Waals surface area (Å²) < 4.78 is 5.96. The fourth-order valence-electron chi connectivity index (χ4n) is 2.77. The second-order valence-electron chi connectivity index (χ2n) is 6.07. The maximum Gasteiger partial charge on any atom is 0.216 e. The summed E-state index contributed by atoms with van der Waals surface area (Å²) in [7, 11) is 0. The van der Waals surface area contributed by atoms with Gasteiger partial charge in [-0.25, -0.2) is 0 Å². The monoisotopic (exact) mass is 346 g/mol. The fraction of sp³-hybridized carbons (Fsp3) is 0.182. The average Bonchev–Trinajstić information content (AvgIpc) is 2.68. The maximum atomic E-state index is 11.1. The molecule has 0 aliphatic heterocycles. The Hall–Kier alpha value is -3.14. The number of hydrogen-bond acceptors (Lipinski definition) is 3. The minimum Gasteiger partial charge on any atom is -0.489 e. The largest absolute Gasteiger partial charge is 0.489 e. The molecule has 0 unspecified atom stereocenters. The molecule has 1 aromatic heterocycles. The molecule has 0 saturated heterocycles. The summed E-state index contributed by atoms with van der Waals surface area (Å²) >= 11 is 0. The van der Waals surface area contributed by atoms with Gasteiger partial charge in [-0.2, -0.15) is 0 Å². The Labute approximate surface area is 153 Å². The standard InChI is InChI=1S/C22H22N2O2/c1-17(25)24-13-11-19-9-10-21(26-16-18-6-3-2-4-7-18)14-22(19)20-8-5-12-23-15-20/h2-10,12,14-15H,11,13,16H2,1H3,(H,24,25). The van der Waals surface area contributed by atoms with Crippen LogP contribution in [0.5, 0.6) is 5.75 Å². The SMILES string of the molecule is CC(=O)NCCc1ccc(OCc2ccccc2)cc1-c1cccnc1. The Kier molecular flexibility index (Phi) is 5.99. The fourth-order valence-corrected chi connectivity index (χ4v) is 2.77. The van der Waals surface area contributed by atoms with Crippen molar-refractivity contribution in [2.24, 2.45) is 0 Å². The summed E-state index contributed by atoms with van der Waals surface area (Å²) in [4.78, 5) is 15.3. The van der Waals surface area contributed by atoms with Gasteiger partial charge in [-0.15, -0.1) is 0 Å². The number of carbonyl (C=O) groups is 1. The molecule has 0 atom stereocenters. The molecule has 1 N–H and O–H groups in total. The van der Waals surface area contributed by atoms with Gasteiger partial charge in [-0.05, 0) is 41.3 Å². The van der Waals surface area contributed by atoms with E-state index < -0.39 is 0 Å². The third-order valence-electron chi connectivity index (χ3n) is 4.07. The normalized spacial score (nSPS) is 10.3. The van der Waals surface area contributed by atoms with Gasteiger partial charge in [0.05, 0.1) is 0 Å². The van der Waals surface area contributed by atoms with E-state index in [0.29, 0.717) is 13.2 Å². The van der Waals surface area contributed by atoms with Crippen LogP contribution in [-0.2, 0) is 17.8 Å². The van der Waals surface area contributed by atoms with Gasteiger partial charge in [0, 0.05) is 31.4 Å². The molecule has 0 aliphatic carbocycles. The van der Waals surface area contributed by atoms with Crippen LogP contribution in [0.3, 0.4) is 0 Å². The van der Waals surface area contributed by atoms with Gasteiger partial charge in [-0.3, -0.25) is 9.78 Å². The first-order chi connectivity index (χ1) is 12.7. The van der Waals surface area contributed by atoms with E-state index in [2.05, 4.69) is 16.4 Å². The highest BCUT2D eigenvalue weighted by Gasteiger charge is 2.08. The van der Waals surface area contributed by atoms with E-state index in [0.717, 1.165) is 34.4 Å². The first-order valence-electron chi connectivity index (χ1n) is 8.67. The van der Waals surface area contributed by atoms with Crippen LogP contribution in [0, 0.1) is 0 Å². The van der Waals surface area contributed by atoms with E-state index >= 15 is 0 Å². The predicted molar refractivity (Wildman–Crippen MR) is 103 cm³/mol. The van der Waals surface area contributed by atoms with Crippen molar-refractivity contribution in [1.29, 1.82) is 0 Å². The van der Waals surface area contributed by atoms with E-state index in [1.165, 1.54) is 6.92 Å². The van der Waals surface area contributed by atoms with Gasteiger partial charge in [0.1, 0.15) is 12.4 Å². The highest BCUT2D eigenvalue weighted by atomic mass is 16.5.